The standard InChI is InChI=1S/C10H14FN.C8H6OS/c1-12-8-10(11)7-9-5-3-2-4-6-9;9-7-2-1-3-8-6(7)4-5-10-8/h2-6,10,12H,7-8H2,1H3;1-5,9H. The molecule has 116 valence electrons. The highest BCUT2D eigenvalue weighted by atomic mass is 32.1. The average molecular weight is 317 g/mol. The van der Waals surface area contributed by atoms with Gasteiger partial charge in [-0.2, -0.15) is 0 Å². The molecule has 0 aliphatic carbocycles. The fourth-order valence-corrected chi connectivity index (χ4v) is 2.95. The fourth-order valence-electron chi connectivity index (χ4n) is 2.14. The lowest BCUT2D eigenvalue weighted by molar-refractivity contribution is 0.324. The van der Waals surface area contributed by atoms with Crippen molar-refractivity contribution in [2.45, 2.75) is 12.6 Å². The largest absolute Gasteiger partial charge is 0.507 e. The van der Waals surface area contributed by atoms with Gasteiger partial charge in [-0.25, -0.2) is 4.39 Å². The molecule has 0 fully saturated rings. The van der Waals surface area contributed by atoms with Crippen molar-refractivity contribution in [2.75, 3.05) is 13.6 Å². The van der Waals surface area contributed by atoms with Crippen molar-refractivity contribution in [3.05, 3.63) is 65.5 Å². The highest BCUT2D eigenvalue weighted by Crippen LogP contribution is 2.27. The van der Waals surface area contributed by atoms with E-state index in [2.05, 4.69) is 5.32 Å². The highest BCUT2D eigenvalue weighted by molar-refractivity contribution is 7.17. The van der Waals surface area contributed by atoms with Crippen molar-refractivity contribution >= 4 is 21.4 Å². The second-order valence-corrected chi connectivity index (χ2v) is 5.90. The summed E-state index contributed by atoms with van der Waals surface area (Å²) in [5.74, 6) is 0.374. The second-order valence-electron chi connectivity index (χ2n) is 4.95. The molecule has 0 saturated heterocycles. The SMILES string of the molecule is CNCC(F)Cc1ccccc1.Oc1cccc2sccc12. The third-order valence-electron chi connectivity index (χ3n) is 3.20. The normalized spacial score (nSPS) is 11.7. The molecule has 2 nitrogen and oxygen atoms in total. The van der Waals surface area contributed by atoms with Crippen LogP contribution in [-0.4, -0.2) is 24.9 Å². The highest BCUT2D eigenvalue weighted by Gasteiger charge is 2.04. The molecule has 1 heterocycles. The Kier molecular flexibility index (Phi) is 6.37. The molecular formula is C18H20FNOS. The maximum absolute atomic E-state index is 13.0. The summed E-state index contributed by atoms with van der Waals surface area (Å²) in [4.78, 5) is 0. The number of thiophene rings is 1. The fraction of sp³-hybridized carbons (Fsp3) is 0.222. The van der Waals surface area contributed by atoms with Gasteiger partial charge in [0.1, 0.15) is 11.9 Å². The lowest BCUT2D eigenvalue weighted by Gasteiger charge is -2.06. The predicted molar refractivity (Wildman–Crippen MR) is 92.5 cm³/mol. The molecule has 22 heavy (non-hydrogen) atoms. The summed E-state index contributed by atoms with van der Waals surface area (Å²) in [6, 6.07) is 17.2. The van der Waals surface area contributed by atoms with E-state index < -0.39 is 6.17 Å². The summed E-state index contributed by atoms with van der Waals surface area (Å²) in [6.07, 6.45) is -0.279. The first-order valence-electron chi connectivity index (χ1n) is 7.18. The van der Waals surface area contributed by atoms with E-state index in [1.807, 2.05) is 53.9 Å². The van der Waals surface area contributed by atoms with E-state index in [4.69, 9.17) is 0 Å². The zero-order chi connectivity index (χ0) is 15.8. The van der Waals surface area contributed by atoms with E-state index >= 15 is 0 Å². The number of hydrogen-bond donors (Lipinski definition) is 2. The number of fused-ring (bicyclic) bond motifs is 1. The lowest BCUT2D eigenvalue weighted by atomic mass is 10.1. The van der Waals surface area contributed by atoms with Crippen LogP contribution in [0.5, 0.6) is 5.75 Å². The van der Waals surface area contributed by atoms with Gasteiger partial charge in [0.25, 0.3) is 0 Å². The molecule has 0 spiro atoms. The molecule has 0 aliphatic rings. The minimum absolute atomic E-state index is 0.374. The third kappa shape index (κ3) is 4.83. The topological polar surface area (TPSA) is 32.3 Å². The van der Waals surface area contributed by atoms with Crippen LogP contribution in [0.25, 0.3) is 10.1 Å². The molecule has 1 atom stereocenters. The Hall–Kier alpha value is -1.91. The van der Waals surface area contributed by atoms with Crippen molar-refractivity contribution in [2.24, 2.45) is 0 Å². The Morgan fingerprint density at radius 1 is 1.09 bits per heavy atom. The van der Waals surface area contributed by atoms with Crippen LogP contribution >= 0.6 is 11.3 Å². The zero-order valence-electron chi connectivity index (χ0n) is 12.5. The Morgan fingerprint density at radius 3 is 2.55 bits per heavy atom. The summed E-state index contributed by atoms with van der Waals surface area (Å²) in [5.41, 5.74) is 1.06. The van der Waals surface area contributed by atoms with Gasteiger partial charge in [0.15, 0.2) is 0 Å². The number of phenolic OH excluding ortho intramolecular Hbond substituents is 1. The van der Waals surface area contributed by atoms with Gasteiger partial charge in [-0.3, -0.25) is 0 Å². The van der Waals surface area contributed by atoms with E-state index in [0.29, 0.717) is 18.7 Å². The van der Waals surface area contributed by atoms with Crippen LogP contribution in [0.15, 0.2) is 60.0 Å². The Balaban J connectivity index is 0.000000162. The van der Waals surface area contributed by atoms with Crippen LogP contribution in [0.1, 0.15) is 5.56 Å². The van der Waals surface area contributed by atoms with Crippen molar-refractivity contribution in [1.29, 1.82) is 0 Å². The van der Waals surface area contributed by atoms with Gasteiger partial charge in [-0.15, -0.1) is 11.3 Å². The third-order valence-corrected chi connectivity index (χ3v) is 4.08. The number of phenols is 1. The molecular weight excluding hydrogens is 297 g/mol. The maximum atomic E-state index is 13.0. The van der Waals surface area contributed by atoms with Crippen molar-refractivity contribution in [3.63, 3.8) is 0 Å². The van der Waals surface area contributed by atoms with Gasteiger partial charge in [-0.1, -0.05) is 36.4 Å². The molecule has 2 N–H and O–H groups in total. The number of aromatic hydroxyl groups is 1. The number of benzene rings is 2. The van der Waals surface area contributed by atoms with Crippen LogP contribution < -0.4 is 5.32 Å². The van der Waals surface area contributed by atoms with E-state index in [9.17, 15) is 9.50 Å². The Labute approximate surface area is 134 Å². The molecule has 0 aliphatic heterocycles. The molecule has 0 saturated carbocycles. The lowest BCUT2D eigenvalue weighted by Crippen LogP contribution is -2.21. The minimum Gasteiger partial charge on any atom is -0.507 e. The second kappa shape index (κ2) is 8.51. The smallest absolute Gasteiger partial charge is 0.124 e. The minimum atomic E-state index is -0.780. The van der Waals surface area contributed by atoms with Crippen LogP contribution in [0, 0.1) is 0 Å². The van der Waals surface area contributed by atoms with Gasteiger partial charge in [0.05, 0.1) is 0 Å². The van der Waals surface area contributed by atoms with E-state index in [1.54, 1.807) is 24.5 Å². The molecule has 1 aromatic heterocycles. The maximum Gasteiger partial charge on any atom is 0.124 e. The van der Waals surface area contributed by atoms with Crippen molar-refractivity contribution < 1.29 is 9.50 Å². The molecule has 0 amide bonds. The van der Waals surface area contributed by atoms with Crippen LogP contribution in [0.3, 0.4) is 0 Å². The molecule has 4 heteroatoms. The van der Waals surface area contributed by atoms with E-state index in [1.165, 1.54) is 0 Å². The van der Waals surface area contributed by atoms with Crippen LogP contribution in [-0.2, 0) is 6.42 Å². The monoisotopic (exact) mass is 317 g/mol. The van der Waals surface area contributed by atoms with Crippen molar-refractivity contribution in [1.82, 2.24) is 5.32 Å². The molecule has 0 radical (unpaired) electrons. The molecule has 0 bridgehead atoms. The number of hydrogen-bond acceptors (Lipinski definition) is 3. The summed E-state index contributed by atoms with van der Waals surface area (Å²) in [7, 11) is 1.76. The number of halogens is 1. The van der Waals surface area contributed by atoms with Crippen LogP contribution in [0.2, 0.25) is 0 Å². The van der Waals surface area contributed by atoms with Gasteiger partial charge >= 0.3 is 0 Å². The van der Waals surface area contributed by atoms with E-state index in [-0.39, 0.29) is 0 Å². The van der Waals surface area contributed by atoms with Gasteiger partial charge < -0.3 is 10.4 Å². The summed E-state index contributed by atoms with van der Waals surface area (Å²) in [5, 5.41) is 15.0. The van der Waals surface area contributed by atoms with Crippen molar-refractivity contribution in [3.8, 4) is 5.75 Å². The first-order chi connectivity index (χ1) is 10.7. The van der Waals surface area contributed by atoms with Gasteiger partial charge in [0, 0.05) is 23.1 Å². The number of alkyl halides is 1. The predicted octanol–water partition coefficient (Wildman–Crippen LogP) is 4.39. The molecule has 2 aromatic carbocycles. The molecule has 3 aromatic rings. The molecule has 1 unspecified atom stereocenters. The van der Waals surface area contributed by atoms with E-state index in [0.717, 1.165) is 15.6 Å². The average Bonchev–Trinajstić information content (AvgIpc) is 2.99. The molecule has 3 rings (SSSR count). The zero-order valence-corrected chi connectivity index (χ0v) is 13.3. The quantitative estimate of drug-likeness (QED) is 0.748. The first-order valence-corrected chi connectivity index (χ1v) is 8.06. The summed E-state index contributed by atoms with van der Waals surface area (Å²) >= 11 is 1.64. The first kappa shape index (κ1) is 16.5. The Morgan fingerprint density at radius 2 is 1.86 bits per heavy atom. The number of rotatable bonds is 4. The van der Waals surface area contributed by atoms with Gasteiger partial charge in [-0.05, 0) is 36.2 Å². The summed E-state index contributed by atoms with van der Waals surface area (Å²) < 4.78 is 14.2. The van der Waals surface area contributed by atoms with Crippen LogP contribution in [0.4, 0.5) is 4.39 Å². The number of nitrogens with one attached hydrogen (secondary N) is 1. The van der Waals surface area contributed by atoms with Gasteiger partial charge in [0.2, 0.25) is 0 Å². The summed E-state index contributed by atoms with van der Waals surface area (Å²) in [6.45, 7) is 0.425. The Bertz CT molecular complexity index is 684.